The number of sulfonamides is 1. The smallest absolute Gasteiger partial charge is 0.215 e. The zero-order valence-corrected chi connectivity index (χ0v) is 14.7. The average Bonchev–Trinajstić information content (AvgIpc) is 3.37. The Bertz CT molecular complexity index is 624. The van der Waals surface area contributed by atoms with Gasteiger partial charge in [-0.3, -0.25) is 4.90 Å². The highest BCUT2D eigenvalue weighted by molar-refractivity contribution is 7.90. The quantitative estimate of drug-likeness (QED) is 0.855. The highest BCUT2D eigenvalue weighted by Crippen LogP contribution is 2.45. The van der Waals surface area contributed by atoms with E-state index in [9.17, 15) is 8.42 Å². The average molecular weight is 338 g/mol. The molecular formula is C17H26N2O3S. The predicted octanol–water partition coefficient (Wildman–Crippen LogP) is 1.57. The minimum absolute atomic E-state index is 0.139. The van der Waals surface area contributed by atoms with Crippen molar-refractivity contribution in [2.75, 3.05) is 32.8 Å². The van der Waals surface area contributed by atoms with Crippen LogP contribution in [-0.2, 0) is 14.8 Å². The van der Waals surface area contributed by atoms with Crippen molar-refractivity contribution in [2.24, 2.45) is 0 Å². The maximum absolute atomic E-state index is 12.6. The lowest BCUT2D eigenvalue weighted by Crippen LogP contribution is -2.55. The number of nitrogens with one attached hydrogen (secondary N) is 1. The van der Waals surface area contributed by atoms with Gasteiger partial charge >= 0.3 is 0 Å². The first-order chi connectivity index (χ1) is 10.9. The van der Waals surface area contributed by atoms with Crippen molar-refractivity contribution in [1.82, 2.24) is 9.62 Å². The van der Waals surface area contributed by atoms with Crippen LogP contribution in [0.25, 0.3) is 0 Å². The summed E-state index contributed by atoms with van der Waals surface area (Å²) in [5.74, 6) is 0.139. The van der Waals surface area contributed by atoms with E-state index in [0.717, 1.165) is 38.3 Å². The maximum Gasteiger partial charge on any atom is 0.215 e. The number of ether oxygens (including phenoxy) is 1. The van der Waals surface area contributed by atoms with Crippen LogP contribution in [0.4, 0.5) is 0 Å². The van der Waals surface area contributed by atoms with Crippen molar-refractivity contribution >= 4 is 10.0 Å². The number of hydrogen-bond donors (Lipinski definition) is 1. The van der Waals surface area contributed by atoms with Gasteiger partial charge in [-0.15, -0.1) is 0 Å². The Morgan fingerprint density at radius 1 is 1.22 bits per heavy atom. The van der Waals surface area contributed by atoms with Crippen LogP contribution in [0, 0.1) is 0 Å². The van der Waals surface area contributed by atoms with Gasteiger partial charge in [0.25, 0.3) is 0 Å². The first kappa shape index (κ1) is 16.9. The molecule has 1 N–H and O–H groups in total. The van der Waals surface area contributed by atoms with Crippen molar-refractivity contribution in [3.05, 3.63) is 35.9 Å². The summed E-state index contributed by atoms with van der Waals surface area (Å²) < 4.78 is 33.3. The predicted molar refractivity (Wildman–Crippen MR) is 91.0 cm³/mol. The molecule has 128 valence electrons. The number of morpholine rings is 1. The second-order valence-corrected chi connectivity index (χ2v) is 9.05. The minimum atomic E-state index is -3.26. The van der Waals surface area contributed by atoms with Crippen LogP contribution in [0.1, 0.15) is 31.7 Å². The van der Waals surface area contributed by atoms with Gasteiger partial charge in [-0.05, 0) is 25.8 Å². The normalized spacial score (nSPS) is 26.2. The molecule has 2 aliphatic rings. The molecule has 0 aromatic heterocycles. The van der Waals surface area contributed by atoms with Crippen LogP contribution >= 0.6 is 0 Å². The second-order valence-electron chi connectivity index (χ2n) is 7.07. The van der Waals surface area contributed by atoms with Crippen molar-refractivity contribution in [3.63, 3.8) is 0 Å². The van der Waals surface area contributed by atoms with Crippen molar-refractivity contribution in [2.45, 2.75) is 37.0 Å². The van der Waals surface area contributed by atoms with Gasteiger partial charge in [-0.25, -0.2) is 13.1 Å². The Labute approximate surface area is 139 Å². The lowest BCUT2D eigenvalue weighted by molar-refractivity contribution is -0.00804. The Hall–Kier alpha value is -0.950. The molecule has 1 aliphatic carbocycles. The van der Waals surface area contributed by atoms with Gasteiger partial charge in [0.05, 0.1) is 18.5 Å². The van der Waals surface area contributed by atoms with Crippen LogP contribution in [0.5, 0.6) is 0 Å². The number of rotatable bonds is 6. The summed E-state index contributed by atoms with van der Waals surface area (Å²) in [6.07, 6.45) is 0.720. The molecule has 2 fully saturated rings. The molecule has 0 spiro atoms. The maximum atomic E-state index is 12.6. The fourth-order valence-corrected chi connectivity index (χ4v) is 5.05. The topological polar surface area (TPSA) is 58.6 Å². The summed E-state index contributed by atoms with van der Waals surface area (Å²) in [5, 5.41) is -0.287. The van der Waals surface area contributed by atoms with E-state index < -0.39 is 10.0 Å². The zero-order chi connectivity index (χ0) is 16.5. The molecule has 0 amide bonds. The lowest BCUT2D eigenvalue weighted by atomic mass is 10.0. The van der Waals surface area contributed by atoms with Gasteiger partial charge in [0, 0.05) is 31.1 Å². The van der Waals surface area contributed by atoms with Gasteiger partial charge in [0.15, 0.2) is 0 Å². The highest BCUT2D eigenvalue weighted by atomic mass is 32.2. The van der Waals surface area contributed by atoms with E-state index in [1.807, 2.05) is 30.3 Å². The molecule has 3 rings (SSSR count). The Kier molecular flexibility index (Phi) is 4.78. The van der Waals surface area contributed by atoms with E-state index in [1.165, 1.54) is 0 Å². The second kappa shape index (κ2) is 6.51. The summed E-state index contributed by atoms with van der Waals surface area (Å²) in [6, 6.07) is 9.91. The van der Waals surface area contributed by atoms with E-state index in [0.29, 0.717) is 6.54 Å². The van der Waals surface area contributed by atoms with Gasteiger partial charge < -0.3 is 4.74 Å². The number of benzene rings is 1. The molecule has 5 nitrogen and oxygen atoms in total. The Morgan fingerprint density at radius 2 is 1.87 bits per heavy atom. The molecule has 1 heterocycles. The first-order valence-corrected chi connectivity index (χ1v) is 9.81. The molecule has 2 atom stereocenters. The summed E-state index contributed by atoms with van der Waals surface area (Å²) >= 11 is 0. The lowest BCUT2D eigenvalue weighted by Gasteiger charge is -2.40. The van der Waals surface area contributed by atoms with Gasteiger partial charge in [-0.2, -0.15) is 0 Å². The third-order valence-electron chi connectivity index (χ3n) is 4.93. The van der Waals surface area contributed by atoms with E-state index in [2.05, 4.69) is 23.5 Å². The number of hydrogen-bond acceptors (Lipinski definition) is 4. The van der Waals surface area contributed by atoms with Crippen molar-refractivity contribution < 1.29 is 13.2 Å². The Morgan fingerprint density at radius 3 is 2.52 bits per heavy atom. The van der Waals surface area contributed by atoms with Crippen LogP contribution in [0.15, 0.2) is 30.3 Å². The van der Waals surface area contributed by atoms with Gasteiger partial charge in [-0.1, -0.05) is 30.3 Å². The summed E-state index contributed by atoms with van der Waals surface area (Å²) in [5.41, 5.74) is 0.920. The van der Waals surface area contributed by atoms with E-state index in [4.69, 9.17) is 4.74 Å². The summed E-state index contributed by atoms with van der Waals surface area (Å²) in [6.45, 7) is 7.75. The third-order valence-corrected chi connectivity index (χ3v) is 6.80. The molecule has 1 aromatic carbocycles. The molecule has 1 saturated heterocycles. The SMILES string of the molecule is CC(C)(CNS(=O)(=O)[C@@H]1C[C@H]1c1ccccc1)N1CCOCC1. The molecule has 6 heteroatoms. The zero-order valence-electron chi connectivity index (χ0n) is 13.9. The molecule has 1 aliphatic heterocycles. The molecule has 0 unspecified atom stereocenters. The van der Waals surface area contributed by atoms with E-state index in [-0.39, 0.29) is 16.7 Å². The summed E-state index contributed by atoms with van der Waals surface area (Å²) in [7, 11) is -3.26. The fourth-order valence-electron chi connectivity index (χ4n) is 3.23. The van der Waals surface area contributed by atoms with Gasteiger partial charge in [0.2, 0.25) is 10.0 Å². The van der Waals surface area contributed by atoms with Crippen molar-refractivity contribution in [3.8, 4) is 0 Å². The molecule has 0 radical (unpaired) electrons. The Balaban J connectivity index is 1.57. The first-order valence-electron chi connectivity index (χ1n) is 8.26. The summed E-state index contributed by atoms with van der Waals surface area (Å²) in [4.78, 5) is 2.29. The number of nitrogens with zero attached hydrogens (tertiary/aromatic N) is 1. The van der Waals surface area contributed by atoms with Crippen molar-refractivity contribution in [1.29, 1.82) is 0 Å². The largest absolute Gasteiger partial charge is 0.379 e. The third kappa shape index (κ3) is 3.94. The minimum Gasteiger partial charge on any atom is -0.379 e. The van der Waals surface area contributed by atoms with Crippen LogP contribution in [0.3, 0.4) is 0 Å². The molecule has 23 heavy (non-hydrogen) atoms. The molecule has 1 aromatic rings. The van der Waals surface area contributed by atoms with Crippen LogP contribution in [0.2, 0.25) is 0 Å². The van der Waals surface area contributed by atoms with E-state index >= 15 is 0 Å². The fraction of sp³-hybridized carbons (Fsp3) is 0.647. The van der Waals surface area contributed by atoms with Crippen LogP contribution < -0.4 is 4.72 Å². The van der Waals surface area contributed by atoms with E-state index in [1.54, 1.807) is 0 Å². The monoisotopic (exact) mass is 338 g/mol. The van der Waals surface area contributed by atoms with Crippen LogP contribution in [-0.4, -0.2) is 57.0 Å². The molecule has 0 bridgehead atoms. The highest BCUT2D eigenvalue weighted by Gasteiger charge is 2.48. The standard InChI is InChI=1S/C17H26N2O3S/c1-17(2,19-8-10-22-11-9-19)13-18-23(20,21)16-12-15(16)14-6-4-3-5-7-14/h3-7,15-16,18H,8-13H2,1-2H3/t15-,16+/m0/s1. The molecule has 1 saturated carbocycles. The molecular weight excluding hydrogens is 312 g/mol. The van der Waals surface area contributed by atoms with Gasteiger partial charge in [0.1, 0.15) is 0 Å².